The van der Waals surface area contributed by atoms with E-state index in [4.69, 9.17) is 11.2 Å². The van der Waals surface area contributed by atoms with Crippen LogP contribution in [0.3, 0.4) is 0 Å². The van der Waals surface area contributed by atoms with Crippen LogP contribution in [0.5, 0.6) is 0 Å². The minimum absolute atomic E-state index is 0.0788. The van der Waals surface area contributed by atoms with Crippen molar-refractivity contribution in [3.63, 3.8) is 0 Å². The molecule has 1 N–H and O–H groups in total. The highest BCUT2D eigenvalue weighted by molar-refractivity contribution is 4.90. The third kappa shape index (κ3) is 4.68. The summed E-state index contributed by atoms with van der Waals surface area (Å²) < 4.78 is 5.62. The molecule has 2 atom stereocenters. The molecule has 0 aromatic heterocycles. The van der Waals surface area contributed by atoms with Gasteiger partial charge in [0, 0.05) is 19.6 Å². The lowest BCUT2D eigenvalue weighted by Gasteiger charge is -2.36. The second-order valence-electron chi connectivity index (χ2n) is 4.08. The fraction of sp³-hybridized carbons (Fsp3) is 0.846. The molecule has 0 heterocycles. The van der Waals surface area contributed by atoms with Crippen LogP contribution < -0.4 is 5.32 Å². The highest BCUT2D eigenvalue weighted by Gasteiger charge is 2.31. The van der Waals surface area contributed by atoms with Gasteiger partial charge in [-0.3, -0.25) is 0 Å². The van der Waals surface area contributed by atoms with Crippen molar-refractivity contribution in [2.24, 2.45) is 0 Å². The van der Waals surface area contributed by atoms with Crippen LogP contribution in [0.2, 0.25) is 0 Å². The number of hydrogen-bond acceptors (Lipinski definition) is 2. The molecular weight excluding hydrogens is 186 g/mol. The van der Waals surface area contributed by atoms with E-state index in [0.29, 0.717) is 6.04 Å². The summed E-state index contributed by atoms with van der Waals surface area (Å²) in [4.78, 5) is 0. The van der Waals surface area contributed by atoms with E-state index in [9.17, 15) is 0 Å². The van der Waals surface area contributed by atoms with Gasteiger partial charge >= 0.3 is 0 Å². The summed E-state index contributed by atoms with van der Waals surface area (Å²) >= 11 is 0. The zero-order valence-electron chi connectivity index (χ0n) is 10.6. The normalized spacial score (nSPS) is 16.7. The molecule has 0 aliphatic carbocycles. The topological polar surface area (TPSA) is 21.3 Å². The van der Waals surface area contributed by atoms with Gasteiger partial charge in [0.15, 0.2) is 0 Å². The molecule has 0 bridgehead atoms. The lowest BCUT2D eigenvalue weighted by molar-refractivity contribution is -0.0310. The minimum Gasteiger partial charge on any atom is -0.377 e. The van der Waals surface area contributed by atoms with Crippen molar-refractivity contribution < 1.29 is 4.74 Å². The maximum absolute atomic E-state index is 5.62. The van der Waals surface area contributed by atoms with Gasteiger partial charge in [-0.05, 0) is 32.7 Å². The Morgan fingerprint density at radius 3 is 2.53 bits per heavy atom. The number of unbranched alkanes of at least 4 members (excludes halogenated alkanes) is 1. The predicted octanol–water partition coefficient (Wildman–Crippen LogP) is 2.58. The Kier molecular flexibility index (Phi) is 7.46. The van der Waals surface area contributed by atoms with Gasteiger partial charge in [0.1, 0.15) is 0 Å². The second-order valence-corrected chi connectivity index (χ2v) is 4.08. The van der Waals surface area contributed by atoms with Gasteiger partial charge in [-0.25, -0.2) is 0 Å². The number of methoxy groups -OCH3 is 1. The number of ether oxygens (including phenoxy) is 1. The van der Waals surface area contributed by atoms with Gasteiger partial charge in [-0.2, -0.15) is 0 Å². The summed E-state index contributed by atoms with van der Waals surface area (Å²) in [5.74, 6) is 2.68. The lowest BCUT2D eigenvalue weighted by atomic mass is 9.89. The van der Waals surface area contributed by atoms with Gasteiger partial charge in [0.2, 0.25) is 0 Å². The summed E-state index contributed by atoms with van der Waals surface area (Å²) in [5, 5.41) is 3.49. The molecule has 0 aromatic rings. The van der Waals surface area contributed by atoms with Crippen molar-refractivity contribution in [1.82, 2.24) is 5.32 Å². The number of rotatable bonds is 8. The highest BCUT2D eigenvalue weighted by Crippen LogP contribution is 2.22. The Labute approximate surface area is 94.8 Å². The first-order valence-electron chi connectivity index (χ1n) is 5.86. The van der Waals surface area contributed by atoms with Crippen LogP contribution in [0.1, 0.15) is 46.5 Å². The maximum Gasteiger partial charge on any atom is 0.0800 e. The van der Waals surface area contributed by atoms with Crippen molar-refractivity contribution in [2.75, 3.05) is 13.7 Å². The standard InChI is InChI=1S/C13H25NO/c1-6-9-10-11-12(14-8-3)13(4,7-2)15-5/h1,12,14H,7-11H2,2-5H3. The van der Waals surface area contributed by atoms with Crippen LogP contribution in [0, 0.1) is 12.3 Å². The zero-order valence-corrected chi connectivity index (χ0v) is 10.6. The largest absolute Gasteiger partial charge is 0.377 e. The molecule has 0 amide bonds. The third-order valence-electron chi connectivity index (χ3n) is 3.17. The number of terminal acetylenes is 1. The number of nitrogens with one attached hydrogen (secondary N) is 1. The van der Waals surface area contributed by atoms with Crippen LogP contribution in [-0.4, -0.2) is 25.3 Å². The van der Waals surface area contributed by atoms with Gasteiger partial charge < -0.3 is 10.1 Å². The van der Waals surface area contributed by atoms with E-state index in [0.717, 1.165) is 32.2 Å². The molecule has 2 unspecified atom stereocenters. The van der Waals surface area contributed by atoms with Gasteiger partial charge in [-0.1, -0.05) is 13.8 Å². The molecular formula is C13H25NO. The molecule has 0 saturated carbocycles. The quantitative estimate of drug-likeness (QED) is 0.492. The van der Waals surface area contributed by atoms with E-state index in [1.807, 2.05) is 0 Å². The van der Waals surface area contributed by atoms with Gasteiger partial charge in [-0.15, -0.1) is 12.3 Å². The number of likely N-dealkylation sites (N-methyl/N-ethyl adjacent to an activating group) is 1. The van der Waals surface area contributed by atoms with Crippen molar-refractivity contribution in [3.8, 4) is 12.3 Å². The number of hydrogen-bond donors (Lipinski definition) is 1. The van der Waals surface area contributed by atoms with E-state index < -0.39 is 0 Å². The minimum atomic E-state index is -0.0788. The first kappa shape index (κ1) is 14.5. The monoisotopic (exact) mass is 211 g/mol. The van der Waals surface area contributed by atoms with E-state index in [1.165, 1.54) is 0 Å². The Hall–Kier alpha value is -0.520. The third-order valence-corrected chi connectivity index (χ3v) is 3.17. The van der Waals surface area contributed by atoms with Crippen LogP contribution >= 0.6 is 0 Å². The van der Waals surface area contributed by atoms with Crippen molar-refractivity contribution in [3.05, 3.63) is 0 Å². The second kappa shape index (κ2) is 7.73. The highest BCUT2D eigenvalue weighted by atomic mass is 16.5. The van der Waals surface area contributed by atoms with Gasteiger partial charge in [0.05, 0.1) is 5.60 Å². The molecule has 0 aliphatic heterocycles. The Morgan fingerprint density at radius 2 is 2.13 bits per heavy atom. The molecule has 0 saturated heterocycles. The fourth-order valence-corrected chi connectivity index (χ4v) is 1.81. The first-order valence-corrected chi connectivity index (χ1v) is 5.86. The lowest BCUT2D eigenvalue weighted by Crippen LogP contribution is -2.49. The molecule has 0 rings (SSSR count). The molecule has 0 fully saturated rings. The fourth-order valence-electron chi connectivity index (χ4n) is 1.81. The Morgan fingerprint density at radius 1 is 1.47 bits per heavy atom. The summed E-state index contributed by atoms with van der Waals surface area (Å²) in [5.41, 5.74) is -0.0788. The van der Waals surface area contributed by atoms with E-state index in [2.05, 4.69) is 32.0 Å². The molecule has 0 aromatic carbocycles. The maximum atomic E-state index is 5.62. The van der Waals surface area contributed by atoms with Crippen molar-refractivity contribution >= 4 is 0 Å². The molecule has 0 aliphatic rings. The van der Waals surface area contributed by atoms with Gasteiger partial charge in [0.25, 0.3) is 0 Å². The SMILES string of the molecule is C#CCCCC(NCC)C(C)(CC)OC. The zero-order chi connectivity index (χ0) is 11.7. The van der Waals surface area contributed by atoms with Crippen LogP contribution in [0.15, 0.2) is 0 Å². The summed E-state index contributed by atoms with van der Waals surface area (Å²) in [6.45, 7) is 7.42. The Balaban J connectivity index is 4.29. The molecule has 2 heteroatoms. The van der Waals surface area contributed by atoms with Crippen molar-refractivity contribution in [2.45, 2.75) is 58.1 Å². The van der Waals surface area contributed by atoms with Crippen LogP contribution in [0.4, 0.5) is 0 Å². The first-order chi connectivity index (χ1) is 7.14. The average Bonchev–Trinajstić information content (AvgIpc) is 2.27. The van der Waals surface area contributed by atoms with Crippen LogP contribution in [0.25, 0.3) is 0 Å². The van der Waals surface area contributed by atoms with Crippen molar-refractivity contribution in [1.29, 1.82) is 0 Å². The van der Waals surface area contributed by atoms with E-state index in [1.54, 1.807) is 7.11 Å². The average molecular weight is 211 g/mol. The molecule has 0 spiro atoms. The summed E-state index contributed by atoms with van der Waals surface area (Å²) in [6.07, 6.45) is 9.27. The summed E-state index contributed by atoms with van der Waals surface area (Å²) in [7, 11) is 1.79. The van der Waals surface area contributed by atoms with Crippen LogP contribution in [-0.2, 0) is 4.74 Å². The van der Waals surface area contributed by atoms with E-state index in [-0.39, 0.29) is 5.60 Å². The smallest absolute Gasteiger partial charge is 0.0800 e. The predicted molar refractivity (Wildman–Crippen MR) is 65.9 cm³/mol. The molecule has 88 valence electrons. The Bertz CT molecular complexity index is 191. The van der Waals surface area contributed by atoms with E-state index >= 15 is 0 Å². The molecule has 0 radical (unpaired) electrons. The molecule has 15 heavy (non-hydrogen) atoms. The molecule has 2 nitrogen and oxygen atoms in total. The summed E-state index contributed by atoms with van der Waals surface area (Å²) in [6, 6.07) is 0.394.